The van der Waals surface area contributed by atoms with Gasteiger partial charge in [-0.3, -0.25) is 9.59 Å². The minimum absolute atomic E-state index is 0.190. The van der Waals surface area contributed by atoms with E-state index in [1.165, 1.54) is 19.1 Å². The molecule has 1 unspecified atom stereocenters. The molecule has 9 heteroatoms. The molecule has 0 aromatic heterocycles. The van der Waals surface area contributed by atoms with Crippen LogP contribution >= 0.6 is 0 Å². The Kier molecular flexibility index (Phi) is 10.5. The van der Waals surface area contributed by atoms with Gasteiger partial charge in [0.15, 0.2) is 18.7 Å². The highest BCUT2D eigenvalue weighted by Gasteiger charge is 2.26. The highest BCUT2D eigenvalue weighted by molar-refractivity contribution is 5.87. The van der Waals surface area contributed by atoms with E-state index in [0.29, 0.717) is 6.54 Å². The van der Waals surface area contributed by atoms with Crippen LogP contribution in [0.4, 0.5) is 0 Å². The summed E-state index contributed by atoms with van der Waals surface area (Å²) in [4.78, 5) is 23.8. The standard InChI is InChI=1S/C19H30N2O7/c1-3-4-5-10-20-17(23)15(21-12(2)22)11-13-6-8-14(9-7-13)28-16(18(24)25)19(26)27/h6-9,15-16,18-19,24-27H,3-5,10-11H2,1-2H3,(H,20,23)(H,21,22). The first-order chi connectivity index (χ1) is 13.2. The molecule has 0 aliphatic carbocycles. The van der Waals surface area contributed by atoms with E-state index in [1.54, 1.807) is 12.1 Å². The summed E-state index contributed by atoms with van der Waals surface area (Å²) in [6.07, 6.45) is -2.57. The zero-order chi connectivity index (χ0) is 21.1. The molecule has 9 nitrogen and oxygen atoms in total. The van der Waals surface area contributed by atoms with Crippen LogP contribution in [-0.2, 0) is 16.0 Å². The van der Waals surface area contributed by atoms with E-state index >= 15 is 0 Å². The zero-order valence-corrected chi connectivity index (χ0v) is 16.2. The Morgan fingerprint density at radius 1 is 1.04 bits per heavy atom. The minimum Gasteiger partial charge on any atom is -0.480 e. The molecule has 0 bridgehead atoms. The van der Waals surface area contributed by atoms with Crippen molar-refractivity contribution in [3.05, 3.63) is 29.8 Å². The quantitative estimate of drug-likeness (QED) is 0.204. The molecule has 0 spiro atoms. The molecule has 6 N–H and O–H groups in total. The molecule has 2 amide bonds. The highest BCUT2D eigenvalue weighted by Crippen LogP contribution is 2.17. The van der Waals surface area contributed by atoms with Crippen molar-refractivity contribution in [2.24, 2.45) is 0 Å². The molecule has 0 heterocycles. The molecule has 0 saturated heterocycles. The van der Waals surface area contributed by atoms with E-state index in [4.69, 9.17) is 25.2 Å². The van der Waals surface area contributed by atoms with Crippen LogP contribution < -0.4 is 15.4 Å². The molecular weight excluding hydrogens is 368 g/mol. The number of aliphatic hydroxyl groups is 4. The normalized spacial score (nSPS) is 12.3. The van der Waals surface area contributed by atoms with Gasteiger partial charge in [0.25, 0.3) is 0 Å². The van der Waals surface area contributed by atoms with E-state index in [-0.39, 0.29) is 24.0 Å². The summed E-state index contributed by atoms with van der Waals surface area (Å²) in [6.45, 7) is 3.96. The number of hydrogen-bond acceptors (Lipinski definition) is 7. The molecule has 0 fully saturated rings. The first-order valence-corrected chi connectivity index (χ1v) is 9.27. The van der Waals surface area contributed by atoms with Gasteiger partial charge >= 0.3 is 0 Å². The Morgan fingerprint density at radius 2 is 1.64 bits per heavy atom. The summed E-state index contributed by atoms with van der Waals surface area (Å²) in [6, 6.07) is 5.55. The lowest BCUT2D eigenvalue weighted by Crippen LogP contribution is -2.47. The molecule has 0 radical (unpaired) electrons. The van der Waals surface area contributed by atoms with Crippen LogP contribution in [-0.4, -0.2) is 63.5 Å². The third kappa shape index (κ3) is 8.66. The van der Waals surface area contributed by atoms with Crippen LogP contribution in [0.15, 0.2) is 24.3 Å². The van der Waals surface area contributed by atoms with Gasteiger partial charge in [0.2, 0.25) is 11.8 Å². The number of ether oxygens (including phenoxy) is 1. The maximum atomic E-state index is 12.3. The number of nitrogens with one attached hydrogen (secondary N) is 2. The lowest BCUT2D eigenvalue weighted by Gasteiger charge is -2.22. The monoisotopic (exact) mass is 398 g/mol. The predicted molar refractivity (Wildman–Crippen MR) is 101 cm³/mol. The topological polar surface area (TPSA) is 148 Å². The summed E-state index contributed by atoms with van der Waals surface area (Å²) >= 11 is 0. The molecule has 0 saturated carbocycles. The van der Waals surface area contributed by atoms with Crippen molar-refractivity contribution < 1.29 is 34.8 Å². The van der Waals surface area contributed by atoms with Crippen molar-refractivity contribution in [1.82, 2.24) is 10.6 Å². The summed E-state index contributed by atoms with van der Waals surface area (Å²) in [5.74, 6) is -0.390. The van der Waals surface area contributed by atoms with E-state index in [9.17, 15) is 9.59 Å². The minimum atomic E-state index is -2.07. The van der Waals surface area contributed by atoms with Gasteiger partial charge in [-0.15, -0.1) is 0 Å². The lowest BCUT2D eigenvalue weighted by molar-refractivity contribution is -0.201. The third-order valence-electron chi connectivity index (χ3n) is 4.00. The van der Waals surface area contributed by atoms with Gasteiger partial charge in [0.1, 0.15) is 11.8 Å². The Hall–Kier alpha value is -2.20. The molecule has 0 aliphatic rings. The van der Waals surface area contributed by atoms with E-state index < -0.39 is 24.7 Å². The largest absolute Gasteiger partial charge is 0.480 e. The number of hydrogen-bond donors (Lipinski definition) is 6. The summed E-state index contributed by atoms with van der Waals surface area (Å²) in [5.41, 5.74) is 0.737. The van der Waals surface area contributed by atoms with Crippen molar-refractivity contribution in [3.63, 3.8) is 0 Å². The van der Waals surface area contributed by atoms with Crippen molar-refractivity contribution in [3.8, 4) is 5.75 Å². The van der Waals surface area contributed by atoms with Crippen LogP contribution in [0.2, 0.25) is 0 Å². The van der Waals surface area contributed by atoms with E-state index in [2.05, 4.69) is 17.6 Å². The van der Waals surface area contributed by atoms with Crippen molar-refractivity contribution >= 4 is 11.8 Å². The Balaban J connectivity index is 2.72. The average molecular weight is 398 g/mol. The number of unbranched alkanes of at least 4 members (excludes halogenated alkanes) is 2. The van der Waals surface area contributed by atoms with Gasteiger partial charge < -0.3 is 35.8 Å². The fourth-order valence-electron chi connectivity index (χ4n) is 2.54. The van der Waals surface area contributed by atoms with Gasteiger partial charge in [-0.05, 0) is 24.1 Å². The van der Waals surface area contributed by atoms with Crippen molar-refractivity contribution in [1.29, 1.82) is 0 Å². The number of carbonyl (C=O) groups is 2. The molecular formula is C19H30N2O7. The maximum Gasteiger partial charge on any atom is 0.242 e. The van der Waals surface area contributed by atoms with Crippen LogP contribution in [0.5, 0.6) is 5.75 Å². The predicted octanol–water partition coefficient (Wildman–Crippen LogP) is -0.591. The average Bonchev–Trinajstić information content (AvgIpc) is 2.63. The van der Waals surface area contributed by atoms with Gasteiger partial charge in [-0.25, -0.2) is 0 Å². The Bertz CT molecular complexity index is 597. The molecule has 158 valence electrons. The number of carbonyl (C=O) groups excluding carboxylic acids is 2. The first kappa shape index (κ1) is 23.8. The summed E-state index contributed by atoms with van der Waals surface area (Å²) in [7, 11) is 0. The fourth-order valence-corrected chi connectivity index (χ4v) is 2.54. The Morgan fingerprint density at radius 3 is 2.14 bits per heavy atom. The first-order valence-electron chi connectivity index (χ1n) is 9.27. The van der Waals surface area contributed by atoms with Gasteiger partial charge in [0, 0.05) is 19.9 Å². The molecule has 1 aromatic carbocycles. The molecule has 1 atom stereocenters. The number of rotatable bonds is 12. The Labute approximate surface area is 164 Å². The van der Waals surface area contributed by atoms with Gasteiger partial charge in [-0.1, -0.05) is 31.9 Å². The second-order valence-corrected chi connectivity index (χ2v) is 6.51. The second-order valence-electron chi connectivity index (χ2n) is 6.51. The summed E-state index contributed by atoms with van der Waals surface area (Å²) < 4.78 is 5.14. The smallest absolute Gasteiger partial charge is 0.242 e. The maximum absolute atomic E-state index is 12.3. The summed E-state index contributed by atoms with van der Waals surface area (Å²) in [5, 5.41) is 41.8. The fraction of sp³-hybridized carbons (Fsp3) is 0.579. The number of benzene rings is 1. The van der Waals surface area contributed by atoms with Crippen molar-refractivity contribution in [2.45, 2.75) is 64.3 Å². The molecule has 28 heavy (non-hydrogen) atoms. The van der Waals surface area contributed by atoms with E-state index in [1.807, 2.05) is 0 Å². The van der Waals surface area contributed by atoms with E-state index in [0.717, 1.165) is 24.8 Å². The third-order valence-corrected chi connectivity index (χ3v) is 4.00. The van der Waals surface area contributed by atoms with Crippen LogP contribution in [0, 0.1) is 0 Å². The number of amides is 2. The van der Waals surface area contributed by atoms with Crippen molar-refractivity contribution in [2.75, 3.05) is 6.54 Å². The molecule has 1 aromatic rings. The van der Waals surface area contributed by atoms with Crippen LogP contribution in [0.25, 0.3) is 0 Å². The second kappa shape index (κ2) is 12.3. The van der Waals surface area contributed by atoms with Crippen LogP contribution in [0.3, 0.4) is 0 Å². The SMILES string of the molecule is CCCCCNC(=O)C(Cc1ccc(OC(C(O)O)C(O)O)cc1)NC(C)=O. The molecule has 0 aliphatic heterocycles. The van der Waals surface area contributed by atoms with Gasteiger partial charge in [-0.2, -0.15) is 0 Å². The molecule has 1 rings (SSSR count). The van der Waals surface area contributed by atoms with Gasteiger partial charge in [0.05, 0.1) is 0 Å². The number of aliphatic hydroxyl groups excluding tert-OH is 2. The zero-order valence-electron chi connectivity index (χ0n) is 16.2. The highest BCUT2D eigenvalue weighted by atomic mass is 16.6. The van der Waals surface area contributed by atoms with Crippen LogP contribution in [0.1, 0.15) is 38.7 Å². The lowest BCUT2D eigenvalue weighted by atomic mass is 10.0.